The van der Waals surface area contributed by atoms with E-state index in [2.05, 4.69) is 18.3 Å². The molecule has 3 nitrogen and oxygen atoms in total. The normalized spacial score (nSPS) is 17.4. The SMILES string of the molecule is CCc1cccc(C)c1NC(=O)CC1(N)CCCC1. The van der Waals surface area contributed by atoms with Crippen molar-refractivity contribution in [2.45, 2.75) is 57.9 Å². The van der Waals surface area contributed by atoms with Gasteiger partial charge in [-0.15, -0.1) is 0 Å². The van der Waals surface area contributed by atoms with Gasteiger partial charge in [0.1, 0.15) is 0 Å². The van der Waals surface area contributed by atoms with Gasteiger partial charge in [-0.2, -0.15) is 0 Å². The zero-order chi connectivity index (χ0) is 13.9. The zero-order valence-corrected chi connectivity index (χ0v) is 12.0. The summed E-state index contributed by atoms with van der Waals surface area (Å²) in [5, 5.41) is 3.06. The summed E-state index contributed by atoms with van der Waals surface area (Å²) in [5.74, 6) is 0.0494. The summed E-state index contributed by atoms with van der Waals surface area (Å²) in [6.45, 7) is 4.13. The Labute approximate surface area is 115 Å². The summed E-state index contributed by atoms with van der Waals surface area (Å²) in [4.78, 5) is 12.2. The number of carbonyl (C=O) groups excluding carboxylic acids is 1. The Bertz CT molecular complexity index is 462. The molecule has 1 aromatic rings. The number of anilines is 1. The van der Waals surface area contributed by atoms with Crippen LogP contribution >= 0.6 is 0 Å². The second kappa shape index (κ2) is 5.74. The minimum Gasteiger partial charge on any atom is -0.326 e. The Kier molecular flexibility index (Phi) is 4.25. The molecular formula is C16H24N2O. The van der Waals surface area contributed by atoms with Gasteiger partial charge in [-0.3, -0.25) is 4.79 Å². The number of carbonyl (C=O) groups is 1. The van der Waals surface area contributed by atoms with E-state index in [9.17, 15) is 4.79 Å². The van der Waals surface area contributed by atoms with E-state index in [-0.39, 0.29) is 11.4 Å². The molecular weight excluding hydrogens is 236 g/mol. The minimum atomic E-state index is -0.279. The van der Waals surface area contributed by atoms with Crippen LogP contribution in [0.3, 0.4) is 0 Å². The number of amides is 1. The molecule has 3 N–H and O–H groups in total. The van der Waals surface area contributed by atoms with Crippen molar-refractivity contribution in [3.8, 4) is 0 Å². The lowest BCUT2D eigenvalue weighted by Gasteiger charge is -2.23. The first kappa shape index (κ1) is 14.1. The van der Waals surface area contributed by atoms with Gasteiger partial charge in [0.25, 0.3) is 0 Å². The van der Waals surface area contributed by atoms with E-state index in [0.29, 0.717) is 6.42 Å². The van der Waals surface area contributed by atoms with Crippen molar-refractivity contribution >= 4 is 11.6 Å². The van der Waals surface area contributed by atoms with E-state index >= 15 is 0 Å². The van der Waals surface area contributed by atoms with Gasteiger partial charge in [0.15, 0.2) is 0 Å². The molecule has 2 rings (SSSR count). The first-order valence-electron chi connectivity index (χ1n) is 7.21. The van der Waals surface area contributed by atoms with Crippen LogP contribution in [0.25, 0.3) is 0 Å². The standard InChI is InChI=1S/C16H24N2O/c1-3-13-8-6-7-12(2)15(13)18-14(19)11-16(17)9-4-5-10-16/h6-8H,3-5,9-11,17H2,1-2H3,(H,18,19). The number of aryl methyl sites for hydroxylation is 2. The molecule has 1 amide bonds. The van der Waals surface area contributed by atoms with Crippen LogP contribution in [-0.4, -0.2) is 11.4 Å². The summed E-state index contributed by atoms with van der Waals surface area (Å²) in [7, 11) is 0. The third kappa shape index (κ3) is 3.35. The second-order valence-corrected chi connectivity index (χ2v) is 5.76. The van der Waals surface area contributed by atoms with Crippen LogP contribution in [0.15, 0.2) is 18.2 Å². The van der Waals surface area contributed by atoms with Crippen molar-refractivity contribution in [1.29, 1.82) is 0 Å². The van der Waals surface area contributed by atoms with E-state index < -0.39 is 0 Å². The van der Waals surface area contributed by atoms with Gasteiger partial charge in [0.05, 0.1) is 0 Å². The van der Waals surface area contributed by atoms with Crippen molar-refractivity contribution < 1.29 is 4.79 Å². The van der Waals surface area contributed by atoms with Crippen LogP contribution in [0, 0.1) is 6.92 Å². The number of nitrogens with one attached hydrogen (secondary N) is 1. The van der Waals surface area contributed by atoms with Gasteiger partial charge >= 0.3 is 0 Å². The van der Waals surface area contributed by atoms with Crippen LogP contribution in [-0.2, 0) is 11.2 Å². The molecule has 0 spiro atoms. The summed E-state index contributed by atoms with van der Waals surface area (Å²) in [6, 6.07) is 6.13. The van der Waals surface area contributed by atoms with Crippen molar-refractivity contribution in [1.82, 2.24) is 0 Å². The Morgan fingerprint density at radius 3 is 2.68 bits per heavy atom. The van der Waals surface area contributed by atoms with Crippen LogP contribution in [0.2, 0.25) is 0 Å². The molecule has 0 radical (unpaired) electrons. The average molecular weight is 260 g/mol. The summed E-state index contributed by atoms with van der Waals surface area (Å²) in [5.41, 5.74) is 9.25. The van der Waals surface area contributed by atoms with E-state index in [0.717, 1.165) is 43.4 Å². The van der Waals surface area contributed by atoms with Gasteiger partial charge < -0.3 is 11.1 Å². The predicted octanol–water partition coefficient (Wildman–Crippen LogP) is 3.16. The molecule has 1 aliphatic carbocycles. The number of hydrogen-bond donors (Lipinski definition) is 2. The highest BCUT2D eigenvalue weighted by Crippen LogP contribution is 2.30. The van der Waals surface area contributed by atoms with Crippen molar-refractivity contribution in [2.75, 3.05) is 5.32 Å². The van der Waals surface area contributed by atoms with Crippen LogP contribution in [0.4, 0.5) is 5.69 Å². The summed E-state index contributed by atoms with van der Waals surface area (Å²) < 4.78 is 0. The molecule has 0 heterocycles. The minimum absolute atomic E-state index is 0.0494. The molecule has 0 bridgehead atoms. The Hall–Kier alpha value is -1.35. The molecule has 3 heteroatoms. The molecule has 0 aromatic heterocycles. The monoisotopic (exact) mass is 260 g/mol. The zero-order valence-electron chi connectivity index (χ0n) is 12.0. The molecule has 104 valence electrons. The Morgan fingerprint density at radius 1 is 1.37 bits per heavy atom. The van der Waals surface area contributed by atoms with Crippen LogP contribution < -0.4 is 11.1 Å². The first-order chi connectivity index (χ1) is 9.04. The fraction of sp³-hybridized carbons (Fsp3) is 0.562. The summed E-state index contributed by atoms with van der Waals surface area (Å²) in [6.07, 6.45) is 5.59. The van der Waals surface area contributed by atoms with Crippen molar-refractivity contribution in [3.63, 3.8) is 0 Å². The largest absolute Gasteiger partial charge is 0.326 e. The van der Waals surface area contributed by atoms with E-state index in [1.165, 1.54) is 5.56 Å². The van der Waals surface area contributed by atoms with Crippen LogP contribution in [0.5, 0.6) is 0 Å². The molecule has 1 saturated carbocycles. The van der Waals surface area contributed by atoms with Gasteiger partial charge in [-0.05, 0) is 37.3 Å². The smallest absolute Gasteiger partial charge is 0.226 e. The van der Waals surface area contributed by atoms with Gasteiger partial charge in [-0.25, -0.2) is 0 Å². The fourth-order valence-electron chi connectivity index (χ4n) is 2.96. The predicted molar refractivity (Wildman–Crippen MR) is 79.2 cm³/mol. The molecule has 1 aromatic carbocycles. The van der Waals surface area contributed by atoms with E-state index in [1.54, 1.807) is 0 Å². The maximum absolute atomic E-state index is 12.2. The third-order valence-corrected chi connectivity index (χ3v) is 4.12. The molecule has 0 saturated heterocycles. The summed E-state index contributed by atoms with van der Waals surface area (Å²) >= 11 is 0. The quantitative estimate of drug-likeness (QED) is 0.873. The van der Waals surface area contributed by atoms with E-state index in [4.69, 9.17) is 5.73 Å². The molecule has 19 heavy (non-hydrogen) atoms. The lowest BCUT2D eigenvalue weighted by Crippen LogP contribution is -2.40. The van der Waals surface area contributed by atoms with Gasteiger partial charge in [-0.1, -0.05) is 38.0 Å². The topological polar surface area (TPSA) is 55.1 Å². The lowest BCUT2D eigenvalue weighted by molar-refractivity contribution is -0.117. The first-order valence-corrected chi connectivity index (χ1v) is 7.21. The van der Waals surface area contributed by atoms with Crippen molar-refractivity contribution in [2.24, 2.45) is 5.73 Å². The third-order valence-electron chi connectivity index (χ3n) is 4.12. The van der Waals surface area contributed by atoms with Crippen molar-refractivity contribution in [3.05, 3.63) is 29.3 Å². The maximum Gasteiger partial charge on any atom is 0.226 e. The highest BCUT2D eigenvalue weighted by atomic mass is 16.1. The molecule has 1 aliphatic rings. The maximum atomic E-state index is 12.2. The molecule has 0 atom stereocenters. The average Bonchev–Trinajstić information content (AvgIpc) is 2.78. The fourth-order valence-corrected chi connectivity index (χ4v) is 2.96. The number of nitrogens with two attached hydrogens (primary N) is 1. The number of rotatable bonds is 4. The number of para-hydroxylation sites is 1. The highest BCUT2D eigenvalue weighted by molar-refractivity contribution is 5.93. The van der Waals surface area contributed by atoms with Gasteiger partial charge in [0, 0.05) is 17.6 Å². The van der Waals surface area contributed by atoms with E-state index in [1.807, 2.05) is 19.1 Å². The highest BCUT2D eigenvalue weighted by Gasteiger charge is 2.31. The van der Waals surface area contributed by atoms with Crippen LogP contribution in [0.1, 0.15) is 50.2 Å². The molecule has 1 fully saturated rings. The lowest BCUT2D eigenvalue weighted by atomic mass is 9.94. The molecule has 0 unspecified atom stereocenters. The number of benzene rings is 1. The Balaban J connectivity index is 2.06. The van der Waals surface area contributed by atoms with Gasteiger partial charge in [0.2, 0.25) is 5.91 Å². The molecule has 0 aliphatic heterocycles. The second-order valence-electron chi connectivity index (χ2n) is 5.76. The number of hydrogen-bond acceptors (Lipinski definition) is 2. The Morgan fingerprint density at radius 2 is 2.05 bits per heavy atom.